The van der Waals surface area contributed by atoms with Gasteiger partial charge in [-0.1, -0.05) is 30.4 Å². The Morgan fingerprint density at radius 3 is 3.00 bits per heavy atom. The lowest BCUT2D eigenvalue weighted by atomic mass is 9.94. The average Bonchev–Trinajstić information content (AvgIpc) is 2.49. The highest BCUT2D eigenvalue weighted by molar-refractivity contribution is 5.91. The zero-order valence-corrected chi connectivity index (χ0v) is 6.40. The Kier molecular flexibility index (Phi) is 1.47. The molecule has 1 N–H and O–H groups in total. The Morgan fingerprint density at radius 1 is 1.42 bits per heavy atom. The number of carboxylic acid groups (broad SMARTS) is 1. The van der Waals surface area contributed by atoms with Crippen LogP contribution in [-0.4, -0.2) is 11.1 Å². The Bertz CT molecular complexity index is 343. The van der Waals surface area contributed by atoms with Crippen molar-refractivity contribution in [3.8, 4) is 0 Å². The molecule has 0 radical (unpaired) electrons. The fourth-order valence-corrected chi connectivity index (χ4v) is 1.40. The molecule has 0 aromatic carbocycles. The van der Waals surface area contributed by atoms with Gasteiger partial charge in [-0.25, -0.2) is 4.79 Å². The van der Waals surface area contributed by atoms with Gasteiger partial charge in [0.2, 0.25) is 0 Å². The first-order valence-corrected chi connectivity index (χ1v) is 3.79. The second-order valence-electron chi connectivity index (χ2n) is 2.84. The van der Waals surface area contributed by atoms with Crippen LogP contribution < -0.4 is 0 Å². The van der Waals surface area contributed by atoms with Gasteiger partial charge in [-0.3, -0.25) is 0 Å². The zero-order chi connectivity index (χ0) is 8.55. The van der Waals surface area contributed by atoms with Crippen LogP contribution in [0.5, 0.6) is 0 Å². The van der Waals surface area contributed by atoms with Crippen LogP contribution in [0.4, 0.5) is 0 Å². The molecule has 0 saturated carbocycles. The molecule has 2 aliphatic carbocycles. The summed E-state index contributed by atoms with van der Waals surface area (Å²) in [4.78, 5) is 10.6. The van der Waals surface area contributed by atoms with E-state index in [1.54, 1.807) is 12.2 Å². The van der Waals surface area contributed by atoms with Crippen molar-refractivity contribution in [2.75, 3.05) is 0 Å². The fraction of sp³-hybridized carbons (Fsp3) is 0.100. The van der Waals surface area contributed by atoms with Gasteiger partial charge in [-0.2, -0.15) is 0 Å². The predicted octanol–water partition coefficient (Wildman–Crippen LogP) is 1.68. The molecule has 0 fully saturated rings. The Labute approximate surface area is 70.2 Å². The van der Waals surface area contributed by atoms with E-state index in [0.717, 1.165) is 5.57 Å². The maximum atomic E-state index is 10.6. The topological polar surface area (TPSA) is 37.3 Å². The lowest BCUT2D eigenvalue weighted by Crippen LogP contribution is -2.04. The van der Waals surface area contributed by atoms with Crippen molar-refractivity contribution in [2.24, 2.45) is 5.92 Å². The van der Waals surface area contributed by atoms with Crippen molar-refractivity contribution in [1.82, 2.24) is 0 Å². The van der Waals surface area contributed by atoms with Crippen molar-refractivity contribution in [2.45, 2.75) is 0 Å². The van der Waals surface area contributed by atoms with Crippen molar-refractivity contribution in [3.63, 3.8) is 0 Å². The van der Waals surface area contributed by atoms with Gasteiger partial charge in [0, 0.05) is 5.92 Å². The van der Waals surface area contributed by atoms with E-state index in [1.807, 2.05) is 24.3 Å². The van der Waals surface area contributed by atoms with Crippen LogP contribution in [0.3, 0.4) is 0 Å². The molecule has 2 heteroatoms. The van der Waals surface area contributed by atoms with Crippen LogP contribution >= 0.6 is 0 Å². The molecular weight excluding hydrogens is 152 g/mol. The molecule has 12 heavy (non-hydrogen) atoms. The highest BCUT2D eigenvalue weighted by Crippen LogP contribution is 2.27. The van der Waals surface area contributed by atoms with Crippen LogP contribution in [0.25, 0.3) is 0 Å². The van der Waals surface area contributed by atoms with E-state index in [4.69, 9.17) is 5.11 Å². The van der Waals surface area contributed by atoms with Gasteiger partial charge in [0.1, 0.15) is 0 Å². The molecule has 2 rings (SSSR count). The van der Waals surface area contributed by atoms with E-state index >= 15 is 0 Å². The smallest absolute Gasteiger partial charge is 0.335 e. The SMILES string of the molecule is O=C(O)C1=CC2=CC=CC2C=C1. The van der Waals surface area contributed by atoms with Gasteiger partial charge in [0.05, 0.1) is 5.57 Å². The van der Waals surface area contributed by atoms with Crippen molar-refractivity contribution in [3.05, 3.63) is 47.6 Å². The quantitative estimate of drug-likeness (QED) is 0.633. The lowest BCUT2D eigenvalue weighted by Gasteiger charge is -2.10. The number of rotatable bonds is 1. The second-order valence-corrected chi connectivity index (χ2v) is 2.84. The minimum Gasteiger partial charge on any atom is -0.478 e. The molecule has 0 aliphatic heterocycles. The second kappa shape index (κ2) is 2.48. The number of carboxylic acids is 1. The Hall–Kier alpha value is -1.57. The van der Waals surface area contributed by atoms with Gasteiger partial charge in [-0.15, -0.1) is 0 Å². The van der Waals surface area contributed by atoms with Gasteiger partial charge in [-0.05, 0) is 11.6 Å². The molecule has 0 amide bonds. The van der Waals surface area contributed by atoms with Crippen LogP contribution in [0, 0.1) is 5.92 Å². The first-order valence-electron chi connectivity index (χ1n) is 3.79. The van der Waals surface area contributed by atoms with Crippen molar-refractivity contribution >= 4 is 5.97 Å². The third-order valence-electron chi connectivity index (χ3n) is 2.04. The maximum Gasteiger partial charge on any atom is 0.335 e. The summed E-state index contributed by atoms with van der Waals surface area (Å²) in [7, 11) is 0. The molecule has 2 nitrogen and oxygen atoms in total. The van der Waals surface area contributed by atoms with Crippen molar-refractivity contribution in [1.29, 1.82) is 0 Å². The van der Waals surface area contributed by atoms with E-state index in [-0.39, 0.29) is 0 Å². The number of hydrogen-bond donors (Lipinski definition) is 1. The summed E-state index contributed by atoms with van der Waals surface area (Å²) in [5, 5.41) is 8.69. The van der Waals surface area contributed by atoms with Gasteiger partial charge in [0.15, 0.2) is 0 Å². The van der Waals surface area contributed by atoms with Crippen LogP contribution in [0.15, 0.2) is 47.6 Å². The summed E-state index contributed by atoms with van der Waals surface area (Å²) in [6.07, 6.45) is 11.2. The lowest BCUT2D eigenvalue weighted by molar-refractivity contribution is -0.132. The largest absolute Gasteiger partial charge is 0.478 e. The van der Waals surface area contributed by atoms with E-state index in [1.165, 1.54) is 0 Å². The predicted molar refractivity (Wildman–Crippen MR) is 45.6 cm³/mol. The zero-order valence-electron chi connectivity index (χ0n) is 6.40. The number of fused-ring (bicyclic) bond motifs is 1. The minimum absolute atomic E-state index is 0.299. The average molecular weight is 160 g/mol. The van der Waals surface area contributed by atoms with Crippen LogP contribution in [0.2, 0.25) is 0 Å². The molecule has 0 heterocycles. The monoisotopic (exact) mass is 160 g/mol. The highest BCUT2D eigenvalue weighted by atomic mass is 16.4. The van der Waals surface area contributed by atoms with Gasteiger partial charge < -0.3 is 5.11 Å². The summed E-state index contributed by atoms with van der Waals surface area (Å²) >= 11 is 0. The summed E-state index contributed by atoms with van der Waals surface area (Å²) < 4.78 is 0. The summed E-state index contributed by atoms with van der Waals surface area (Å²) in [6.45, 7) is 0. The summed E-state index contributed by atoms with van der Waals surface area (Å²) in [5.41, 5.74) is 1.43. The van der Waals surface area contributed by atoms with E-state index in [2.05, 4.69) is 0 Å². The van der Waals surface area contributed by atoms with Crippen LogP contribution in [0.1, 0.15) is 0 Å². The summed E-state index contributed by atoms with van der Waals surface area (Å²) in [6, 6.07) is 0. The standard InChI is InChI=1S/C10H8O2/c11-10(12)9-5-4-7-2-1-3-8(7)6-9/h1-7H,(H,11,12). The highest BCUT2D eigenvalue weighted by Gasteiger charge is 2.16. The number of hydrogen-bond acceptors (Lipinski definition) is 1. The number of carbonyl (C=O) groups is 1. The molecule has 0 aromatic heterocycles. The van der Waals surface area contributed by atoms with Crippen LogP contribution in [-0.2, 0) is 4.79 Å². The molecule has 0 bridgehead atoms. The molecule has 2 aliphatic rings. The van der Waals surface area contributed by atoms with E-state index < -0.39 is 5.97 Å². The number of allylic oxidation sites excluding steroid dienone is 6. The van der Waals surface area contributed by atoms with Crippen molar-refractivity contribution < 1.29 is 9.90 Å². The molecule has 0 aromatic rings. The van der Waals surface area contributed by atoms with E-state index in [0.29, 0.717) is 11.5 Å². The molecule has 1 atom stereocenters. The van der Waals surface area contributed by atoms with E-state index in [9.17, 15) is 4.79 Å². The first-order chi connectivity index (χ1) is 5.77. The Morgan fingerprint density at radius 2 is 2.25 bits per heavy atom. The molecule has 0 saturated heterocycles. The minimum atomic E-state index is -0.863. The van der Waals surface area contributed by atoms with Gasteiger partial charge >= 0.3 is 5.97 Å². The third-order valence-corrected chi connectivity index (χ3v) is 2.04. The Balaban J connectivity index is 2.34. The first kappa shape index (κ1) is 7.10. The maximum absolute atomic E-state index is 10.6. The summed E-state index contributed by atoms with van der Waals surface area (Å²) in [5.74, 6) is -0.564. The third kappa shape index (κ3) is 1.01. The van der Waals surface area contributed by atoms with Gasteiger partial charge in [0.25, 0.3) is 0 Å². The molecular formula is C10H8O2. The molecule has 0 spiro atoms. The fourth-order valence-electron chi connectivity index (χ4n) is 1.40. The normalized spacial score (nSPS) is 24.8. The molecule has 1 unspecified atom stereocenters. The number of aliphatic carboxylic acids is 1. The molecule has 60 valence electrons.